The number of carbonyl (C=O) groups excluding carboxylic acids is 1. The smallest absolute Gasteiger partial charge is 0.410 e. The molecule has 0 aliphatic carbocycles. The molecule has 4 nitrogen and oxygen atoms in total. The standard InChI is InChI=1S/C19H28N2O2/c1-19(2,3)23-18(22)21-12-9-16-14-20(11-10-17(16)21)13-15-7-5-4-6-8-15/h4-8,16-17H,9-14H2,1-3H3/t16-,17+/m1/s1. The van der Waals surface area contributed by atoms with Crippen LogP contribution >= 0.6 is 0 Å². The Kier molecular flexibility index (Phi) is 4.62. The Balaban J connectivity index is 1.57. The van der Waals surface area contributed by atoms with E-state index in [0.717, 1.165) is 39.0 Å². The van der Waals surface area contributed by atoms with Crippen LogP contribution in [0.3, 0.4) is 0 Å². The van der Waals surface area contributed by atoms with Gasteiger partial charge in [-0.1, -0.05) is 30.3 Å². The molecule has 1 aromatic carbocycles. The molecule has 0 saturated carbocycles. The SMILES string of the molecule is CC(C)(C)OC(=O)N1CC[C@@H]2CN(Cc3ccccc3)CC[C@@H]21. The lowest BCUT2D eigenvalue weighted by Gasteiger charge is -2.38. The van der Waals surface area contributed by atoms with Crippen LogP contribution in [0.25, 0.3) is 0 Å². The van der Waals surface area contributed by atoms with Crippen LogP contribution in [0.5, 0.6) is 0 Å². The van der Waals surface area contributed by atoms with Gasteiger partial charge >= 0.3 is 6.09 Å². The highest BCUT2D eigenvalue weighted by Crippen LogP contribution is 2.33. The summed E-state index contributed by atoms with van der Waals surface area (Å²) in [6.07, 6.45) is 2.01. The number of fused-ring (bicyclic) bond motifs is 1. The zero-order valence-corrected chi connectivity index (χ0v) is 14.5. The summed E-state index contributed by atoms with van der Waals surface area (Å²) in [5.74, 6) is 0.583. The van der Waals surface area contributed by atoms with Crippen LogP contribution in [0.4, 0.5) is 4.79 Å². The Labute approximate surface area is 139 Å². The molecule has 126 valence electrons. The van der Waals surface area contributed by atoms with Crippen molar-refractivity contribution in [2.75, 3.05) is 19.6 Å². The molecule has 0 unspecified atom stereocenters. The average Bonchev–Trinajstić information content (AvgIpc) is 2.90. The number of amides is 1. The van der Waals surface area contributed by atoms with Crippen LogP contribution in [0, 0.1) is 5.92 Å². The first-order valence-corrected chi connectivity index (χ1v) is 8.68. The highest BCUT2D eigenvalue weighted by molar-refractivity contribution is 5.69. The number of rotatable bonds is 2. The third-order valence-corrected chi connectivity index (χ3v) is 4.80. The molecule has 0 bridgehead atoms. The third-order valence-electron chi connectivity index (χ3n) is 4.80. The molecule has 23 heavy (non-hydrogen) atoms. The Morgan fingerprint density at radius 3 is 2.61 bits per heavy atom. The molecule has 2 saturated heterocycles. The Morgan fingerprint density at radius 2 is 1.91 bits per heavy atom. The van der Waals surface area contributed by atoms with Gasteiger partial charge in [-0.25, -0.2) is 4.79 Å². The Hall–Kier alpha value is -1.55. The van der Waals surface area contributed by atoms with E-state index in [-0.39, 0.29) is 6.09 Å². The molecule has 1 amide bonds. The minimum Gasteiger partial charge on any atom is -0.444 e. The largest absolute Gasteiger partial charge is 0.444 e. The van der Waals surface area contributed by atoms with E-state index in [9.17, 15) is 4.79 Å². The zero-order valence-electron chi connectivity index (χ0n) is 14.5. The zero-order chi connectivity index (χ0) is 16.4. The first kappa shape index (κ1) is 16.3. The first-order valence-electron chi connectivity index (χ1n) is 8.68. The fourth-order valence-corrected chi connectivity index (χ4v) is 3.79. The van der Waals surface area contributed by atoms with E-state index in [0.29, 0.717) is 12.0 Å². The molecule has 2 heterocycles. The third kappa shape index (κ3) is 4.05. The van der Waals surface area contributed by atoms with Crippen molar-refractivity contribution in [3.05, 3.63) is 35.9 Å². The monoisotopic (exact) mass is 316 g/mol. The molecule has 2 fully saturated rings. The molecule has 2 aliphatic rings. The van der Waals surface area contributed by atoms with Gasteiger partial charge in [-0.3, -0.25) is 4.90 Å². The van der Waals surface area contributed by atoms with Crippen molar-refractivity contribution in [1.82, 2.24) is 9.80 Å². The summed E-state index contributed by atoms with van der Waals surface area (Å²) in [5, 5.41) is 0. The maximum atomic E-state index is 12.4. The highest BCUT2D eigenvalue weighted by atomic mass is 16.6. The van der Waals surface area contributed by atoms with Crippen molar-refractivity contribution in [2.45, 2.75) is 51.8 Å². The van der Waals surface area contributed by atoms with Crippen LogP contribution < -0.4 is 0 Å². The lowest BCUT2D eigenvalue weighted by Crippen LogP contribution is -2.48. The van der Waals surface area contributed by atoms with E-state index in [1.807, 2.05) is 25.7 Å². The van der Waals surface area contributed by atoms with Crippen LogP contribution in [0.2, 0.25) is 0 Å². The molecule has 0 N–H and O–H groups in total. The number of hydrogen-bond donors (Lipinski definition) is 0. The molecule has 1 aromatic rings. The summed E-state index contributed by atoms with van der Waals surface area (Å²) in [6, 6.07) is 11.0. The molecule has 0 aromatic heterocycles. The average molecular weight is 316 g/mol. The predicted molar refractivity (Wildman–Crippen MR) is 91.2 cm³/mol. The van der Waals surface area contributed by atoms with Gasteiger partial charge in [0, 0.05) is 32.2 Å². The molecule has 3 rings (SSSR count). The number of piperidine rings is 1. The van der Waals surface area contributed by atoms with E-state index in [1.165, 1.54) is 5.56 Å². The van der Waals surface area contributed by atoms with Crippen LogP contribution in [0.15, 0.2) is 30.3 Å². The van der Waals surface area contributed by atoms with E-state index in [1.54, 1.807) is 0 Å². The summed E-state index contributed by atoms with van der Waals surface area (Å²) >= 11 is 0. The lowest BCUT2D eigenvalue weighted by molar-refractivity contribution is 0.0139. The van der Waals surface area contributed by atoms with Crippen LogP contribution in [-0.2, 0) is 11.3 Å². The first-order chi connectivity index (χ1) is 10.9. The minimum absolute atomic E-state index is 0.137. The van der Waals surface area contributed by atoms with Crippen molar-refractivity contribution >= 4 is 6.09 Å². The van der Waals surface area contributed by atoms with Gasteiger partial charge in [-0.15, -0.1) is 0 Å². The Bertz CT molecular complexity index is 538. The summed E-state index contributed by atoms with van der Waals surface area (Å²) < 4.78 is 5.57. The molecule has 4 heteroatoms. The number of carbonyl (C=O) groups is 1. The fourth-order valence-electron chi connectivity index (χ4n) is 3.79. The van der Waals surface area contributed by atoms with Crippen molar-refractivity contribution in [3.8, 4) is 0 Å². The number of benzene rings is 1. The fraction of sp³-hybridized carbons (Fsp3) is 0.632. The second-order valence-electron chi connectivity index (χ2n) is 7.80. The summed E-state index contributed by atoms with van der Waals surface area (Å²) in [5.41, 5.74) is 0.955. The van der Waals surface area contributed by atoms with Gasteiger partial charge in [0.2, 0.25) is 0 Å². The summed E-state index contributed by atoms with van der Waals surface area (Å²) in [4.78, 5) is 16.9. The second kappa shape index (κ2) is 6.52. The quantitative estimate of drug-likeness (QED) is 0.837. The normalized spacial score (nSPS) is 25.3. The van der Waals surface area contributed by atoms with E-state index in [4.69, 9.17) is 4.74 Å². The van der Waals surface area contributed by atoms with Crippen molar-refractivity contribution in [3.63, 3.8) is 0 Å². The van der Waals surface area contributed by atoms with Gasteiger partial charge in [-0.05, 0) is 45.1 Å². The predicted octanol–water partition coefficient (Wildman–Crippen LogP) is 3.52. The van der Waals surface area contributed by atoms with Gasteiger partial charge in [-0.2, -0.15) is 0 Å². The maximum absolute atomic E-state index is 12.4. The van der Waals surface area contributed by atoms with Gasteiger partial charge < -0.3 is 9.64 Å². The number of nitrogens with zero attached hydrogens (tertiary/aromatic N) is 2. The highest BCUT2D eigenvalue weighted by Gasteiger charge is 2.41. The number of hydrogen-bond acceptors (Lipinski definition) is 3. The number of likely N-dealkylation sites (tertiary alicyclic amines) is 2. The minimum atomic E-state index is -0.414. The van der Waals surface area contributed by atoms with Crippen LogP contribution in [0.1, 0.15) is 39.2 Å². The molecule has 2 atom stereocenters. The molecule has 0 radical (unpaired) electrons. The summed E-state index contributed by atoms with van der Waals surface area (Å²) in [7, 11) is 0. The Morgan fingerprint density at radius 1 is 1.17 bits per heavy atom. The van der Waals surface area contributed by atoms with Gasteiger partial charge in [0.15, 0.2) is 0 Å². The second-order valence-corrected chi connectivity index (χ2v) is 7.80. The number of ether oxygens (including phenoxy) is 1. The molecule has 2 aliphatic heterocycles. The van der Waals surface area contributed by atoms with Crippen LogP contribution in [-0.4, -0.2) is 47.2 Å². The lowest BCUT2D eigenvalue weighted by atomic mass is 9.92. The van der Waals surface area contributed by atoms with Crippen molar-refractivity contribution < 1.29 is 9.53 Å². The van der Waals surface area contributed by atoms with Gasteiger partial charge in [0.1, 0.15) is 5.60 Å². The van der Waals surface area contributed by atoms with Crippen molar-refractivity contribution in [2.24, 2.45) is 5.92 Å². The molecule has 0 spiro atoms. The summed E-state index contributed by atoms with van der Waals surface area (Å²) in [6.45, 7) is 9.77. The topological polar surface area (TPSA) is 32.8 Å². The van der Waals surface area contributed by atoms with E-state index in [2.05, 4.69) is 35.2 Å². The molecular formula is C19H28N2O2. The van der Waals surface area contributed by atoms with E-state index < -0.39 is 5.60 Å². The molecular weight excluding hydrogens is 288 g/mol. The van der Waals surface area contributed by atoms with Crippen molar-refractivity contribution in [1.29, 1.82) is 0 Å². The van der Waals surface area contributed by atoms with E-state index >= 15 is 0 Å². The van der Waals surface area contributed by atoms with Gasteiger partial charge in [0.25, 0.3) is 0 Å². The van der Waals surface area contributed by atoms with Gasteiger partial charge in [0.05, 0.1) is 0 Å². The maximum Gasteiger partial charge on any atom is 0.410 e.